The summed E-state index contributed by atoms with van der Waals surface area (Å²) >= 11 is 1.43. The first-order valence-corrected chi connectivity index (χ1v) is 8.47. The minimum atomic E-state index is -3.42. The molecule has 1 saturated carbocycles. The van der Waals surface area contributed by atoms with Gasteiger partial charge >= 0.3 is 5.97 Å². The van der Waals surface area contributed by atoms with Crippen molar-refractivity contribution in [3.05, 3.63) is 0 Å². The molecule has 98 valence electrons. The second kappa shape index (κ2) is 4.78. The summed E-state index contributed by atoms with van der Waals surface area (Å²) in [5.74, 6) is -0.309. The zero-order valence-electron chi connectivity index (χ0n) is 9.70. The van der Waals surface area contributed by atoms with Gasteiger partial charge < -0.3 is 5.11 Å². The maximum atomic E-state index is 12.2. The highest BCUT2D eigenvalue weighted by molar-refractivity contribution is 8.01. The Morgan fingerprint density at radius 3 is 2.59 bits per heavy atom. The van der Waals surface area contributed by atoms with Crippen LogP contribution >= 0.6 is 11.8 Å². The number of thioether (sulfide) groups is 1. The molecule has 1 aliphatic heterocycles. The Morgan fingerprint density at radius 1 is 1.47 bits per heavy atom. The predicted molar refractivity (Wildman–Crippen MR) is 66.3 cm³/mol. The molecule has 17 heavy (non-hydrogen) atoms. The highest BCUT2D eigenvalue weighted by Crippen LogP contribution is 2.37. The van der Waals surface area contributed by atoms with E-state index in [9.17, 15) is 13.2 Å². The zero-order chi connectivity index (χ0) is 12.6. The summed E-state index contributed by atoms with van der Waals surface area (Å²) in [4.78, 5) is 11.1. The molecule has 1 saturated heterocycles. The molecule has 1 aliphatic carbocycles. The van der Waals surface area contributed by atoms with E-state index in [1.54, 1.807) is 0 Å². The summed E-state index contributed by atoms with van der Waals surface area (Å²) in [6.07, 6.45) is 2.56. The fraction of sp³-hybridized carbons (Fsp3) is 0.900. The van der Waals surface area contributed by atoms with Gasteiger partial charge in [-0.25, -0.2) is 8.42 Å². The molecule has 0 aromatic rings. The van der Waals surface area contributed by atoms with Crippen molar-refractivity contribution < 1.29 is 18.3 Å². The second-order valence-corrected chi connectivity index (χ2v) is 7.73. The summed E-state index contributed by atoms with van der Waals surface area (Å²) in [6.45, 7) is 1.89. The molecule has 0 spiro atoms. The van der Waals surface area contributed by atoms with E-state index in [4.69, 9.17) is 5.11 Å². The molecule has 0 amide bonds. The lowest BCUT2D eigenvalue weighted by Gasteiger charge is -2.25. The van der Waals surface area contributed by atoms with Crippen molar-refractivity contribution in [1.29, 1.82) is 0 Å². The van der Waals surface area contributed by atoms with Crippen LogP contribution < -0.4 is 0 Å². The third kappa shape index (κ3) is 2.77. The van der Waals surface area contributed by atoms with Gasteiger partial charge in [-0.3, -0.25) is 4.79 Å². The van der Waals surface area contributed by atoms with Gasteiger partial charge in [-0.05, 0) is 25.2 Å². The number of nitrogens with zero attached hydrogens (tertiary/aromatic N) is 1. The van der Waals surface area contributed by atoms with Crippen LogP contribution in [0, 0.1) is 5.92 Å². The summed E-state index contributed by atoms with van der Waals surface area (Å²) in [5, 5.41) is 8.88. The number of carbonyl (C=O) groups is 1. The van der Waals surface area contributed by atoms with Gasteiger partial charge in [-0.2, -0.15) is 4.31 Å². The van der Waals surface area contributed by atoms with Crippen LogP contribution in [0.4, 0.5) is 0 Å². The van der Waals surface area contributed by atoms with Crippen molar-refractivity contribution in [3.8, 4) is 0 Å². The Bertz CT molecular complexity index is 405. The van der Waals surface area contributed by atoms with E-state index in [0.717, 1.165) is 12.8 Å². The Balaban J connectivity index is 2.20. The van der Waals surface area contributed by atoms with Crippen LogP contribution in [0.1, 0.15) is 26.2 Å². The van der Waals surface area contributed by atoms with Gasteiger partial charge in [0.05, 0.1) is 11.1 Å². The minimum absolute atomic E-state index is 0.119. The predicted octanol–water partition coefficient (Wildman–Crippen LogP) is 0.964. The minimum Gasteiger partial charge on any atom is -0.480 e. The number of hydrogen-bond donors (Lipinski definition) is 1. The van der Waals surface area contributed by atoms with E-state index in [2.05, 4.69) is 0 Å². The Kier molecular flexibility index (Phi) is 3.70. The summed E-state index contributed by atoms with van der Waals surface area (Å²) in [6, 6.07) is -0.881. The van der Waals surface area contributed by atoms with Crippen molar-refractivity contribution in [3.63, 3.8) is 0 Å². The van der Waals surface area contributed by atoms with Crippen LogP contribution in [0.3, 0.4) is 0 Å². The number of aliphatic carboxylic acids is 1. The molecular formula is C10H17NO4S2. The van der Waals surface area contributed by atoms with E-state index in [-0.39, 0.29) is 17.0 Å². The lowest BCUT2D eigenvalue weighted by atomic mass is 10.3. The normalized spacial score (nSPS) is 30.6. The fourth-order valence-electron chi connectivity index (χ4n) is 2.07. The van der Waals surface area contributed by atoms with Crippen LogP contribution in [0.15, 0.2) is 0 Å². The molecule has 1 N–H and O–H groups in total. The average Bonchev–Trinajstić information content (AvgIpc) is 2.92. The molecule has 2 atom stereocenters. The lowest BCUT2D eigenvalue weighted by molar-refractivity contribution is -0.140. The van der Waals surface area contributed by atoms with E-state index in [1.165, 1.54) is 16.1 Å². The highest BCUT2D eigenvalue weighted by atomic mass is 32.2. The molecule has 2 aliphatic rings. The van der Waals surface area contributed by atoms with E-state index >= 15 is 0 Å². The van der Waals surface area contributed by atoms with Crippen molar-refractivity contribution in [1.82, 2.24) is 4.31 Å². The van der Waals surface area contributed by atoms with Crippen LogP contribution in [-0.2, 0) is 14.8 Å². The first kappa shape index (κ1) is 13.2. The first-order valence-electron chi connectivity index (χ1n) is 5.81. The van der Waals surface area contributed by atoms with Gasteiger partial charge in [0, 0.05) is 5.75 Å². The molecule has 0 aromatic heterocycles. The molecule has 0 aromatic carbocycles. The lowest BCUT2D eigenvalue weighted by Crippen LogP contribution is -2.46. The Labute approximate surface area is 106 Å². The Morgan fingerprint density at radius 2 is 2.12 bits per heavy atom. The number of carboxylic acid groups (broad SMARTS) is 1. The summed E-state index contributed by atoms with van der Waals surface area (Å²) in [7, 11) is -3.42. The van der Waals surface area contributed by atoms with Gasteiger partial charge in [-0.1, -0.05) is 6.92 Å². The number of hydrogen-bond acceptors (Lipinski definition) is 4. The van der Waals surface area contributed by atoms with Crippen LogP contribution in [-0.4, -0.2) is 46.7 Å². The number of carboxylic acids is 1. The van der Waals surface area contributed by atoms with Crippen LogP contribution in [0.25, 0.3) is 0 Å². The van der Waals surface area contributed by atoms with Gasteiger partial charge in [0.1, 0.15) is 6.04 Å². The van der Waals surface area contributed by atoms with Crippen LogP contribution in [0.5, 0.6) is 0 Å². The molecule has 5 nitrogen and oxygen atoms in total. The monoisotopic (exact) mass is 279 g/mol. The van der Waals surface area contributed by atoms with Crippen molar-refractivity contribution in [2.45, 2.75) is 37.6 Å². The molecule has 0 radical (unpaired) electrons. The average molecular weight is 279 g/mol. The SMILES string of the molecule is CCC1SCC(C(=O)O)N1S(=O)(=O)CC1CC1. The zero-order valence-corrected chi connectivity index (χ0v) is 11.3. The van der Waals surface area contributed by atoms with Gasteiger partial charge in [0.2, 0.25) is 10.0 Å². The summed E-state index contributed by atoms with van der Waals surface area (Å²) < 4.78 is 25.7. The molecular weight excluding hydrogens is 262 g/mol. The maximum absolute atomic E-state index is 12.2. The van der Waals surface area contributed by atoms with Gasteiger partial charge in [-0.15, -0.1) is 11.8 Å². The molecule has 2 unspecified atom stereocenters. The topological polar surface area (TPSA) is 74.7 Å². The number of rotatable bonds is 5. The van der Waals surface area contributed by atoms with Gasteiger partial charge in [0.15, 0.2) is 0 Å². The van der Waals surface area contributed by atoms with E-state index < -0.39 is 22.0 Å². The maximum Gasteiger partial charge on any atom is 0.322 e. The number of sulfonamides is 1. The van der Waals surface area contributed by atoms with Crippen LogP contribution in [0.2, 0.25) is 0 Å². The van der Waals surface area contributed by atoms with Gasteiger partial charge in [0.25, 0.3) is 0 Å². The van der Waals surface area contributed by atoms with Crippen molar-refractivity contribution >= 4 is 27.8 Å². The second-order valence-electron chi connectivity index (χ2n) is 4.60. The fourth-order valence-corrected chi connectivity index (χ4v) is 6.14. The van der Waals surface area contributed by atoms with E-state index in [0.29, 0.717) is 12.2 Å². The first-order chi connectivity index (χ1) is 7.95. The molecule has 1 heterocycles. The third-order valence-electron chi connectivity index (χ3n) is 3.14. The highest BCUT2D eigenvalue weighted by Gasteiger charge is 2.46. The molecule has 2 fully saturated rings. The molecule has 2 rings (SSSR count). The van der Waals surface area contributed by atoms with Crippen molar-refractivity contribution in [2.24, 2.45) is 5.92 Å². The smallest absolute Gasteiger partial charge is 0.322 e. The van der Waals surface area contributed by atoms with Crippen molar-refractivity contribution in [2.75, 3.05) is 11.5 Å². The third-order valence-corrected chi connectivity index (χ3v) is 6.77. The Hall–Kier alpha value is -0.270. The quantitative estimate of drug-likeness (QED) is 0.811. The molecule has 7 heteroatoms. The van der Waals surface area contributed by atoms with E-state index in [1.807, 2.05) is 6.92 Å². The molecule has 0 bridgehead atoms. The largest absolute Gasteiger partial charge is 0.480 e. The summed E-state index contributed by atoms with van der Waals surface area (Å²) in [5.41, 5.74) is 0. The standard InChI is InChI=1S/C10H17NO4S2/c1-2-9-11(8(5-16-9)10(12)13)17(14,15)6-7-3-4-7/h7-9H,2-6H2,1H3,(H,12,13).